The topological polar surface area (TPSA) is 36.6 Å². The van der Waals surface area contributed by atoms with E-state index in [1.165, 1.54) is 0 Å². The van der Waals surface area contributed by atoms with Crippen molar-refractivity contribution >= 4 is 0 Å². The highest BCUT2D eigenvalue weighted by molar-refractivity contribution is 5.06. The van der Waals surface area contributed by atoms with Crippen molar-refractivity contribution in [1.82, 2.24) is 4.90 Å². The van der Waals surface area contributed by atoms with Gasteiger partial charge >= 0.3 is 0 Å². The summed E-state index contributed by atoms with van der Waals surface area (Å²) in [5.74, 6) is 1.45. The Labute approximate surface area is 90.3 Å². The van der Waals surface area contributed by atoms with E-state index in [4.69, 9.17) is 9.52 Å². The van der Waals surface area contributed by atoms with Crippen LogP contribution in [0.1, 0.15) is 11.5 Å². The molecule has 0 radical (unpaired) electrons. The summed E-state index contributed by atoms with van der Waals surface area (Å²) >= 11 is 0. The molecule has 0 aliphatic heterocycles. The molecule has 0 aromatic carbocycles. The molecule has 0 unspecified atom stereocenters. The summed E-state index contributed by atoms with van der Waals surface area (Å²) in [6.45, 7) is 9.64. The Hall–Kier alpha value is -1.32. The lowest BCUT2D eigenvalue weighted by Gasteiger charge is -2.16. The third-order valence-electron chi connectivity index (χ3n) is 2.03. The third-order valence-corrected chi connectivity index (χ3v) is 2.03. The van der Waals surface area contributed by atoms with Crippen molar-refractivity contribution in [2.24, 2.45) is 0 Å². The summed E-state index contributed by atoms with van der Waals surface area (Å²) in [7, 11) is 0. The van der Waals surface area contributed by atoms with Crippen LogP contribution in [0, 0.1) is 0 Å². The Balaban J connectivity index is 2.55. The van der Waals surface area contributed by atoms with E-state index in [0.29, 0.717) is 12.3 Å². The van der Waals surface area contributed by atoms with Crippen molar-refractivity contribution in [2.45, 2.75) is 13.2 Å². The van der Waals surface area contributed by atoms with Gasteiger partial charge < -0.3 is 9.52 Å². The van der Waals surface area contributed by atoms with Crippen LogP contribution in [0.5, 0.6) is 0 Å². The molecule has 0 atom stereocenters. The molecule has 82 valence electrons. The van der Waals surface area contributed by atoms with E-state index in [9.17, 15) is 0 Å². The van der Waals surface area contributed by atoms with E-state index in [-0.39, 0.29) is 6.61 Å². The predicted molar refractivity (Wildman–Crippen MR) is 60.3 cm³/mol. The van der Waals surface area contributed by atoms with Crippen LogP contribution in [-0.4, -0.2) is 23.1 Å². The second-order valence-electron chi connectivity index (χ2n) is 3.30. The third kappa shape index (κ3) is 3.73. The van der Waals surface area contributed by atoms with Crippen LogP contribution in [0.3, 0.4) is 0 Å². The molecule has 0 bridgehead atoms. The van der Waals surface area contributed by atoms with Crippen molar-refractivity contribution in [3.63, 3.8) is 0 Å². The molecule has 1 N–H and O–H groups in total. The summed E-state index contributed by atoms with van der Waals surface area (Å²) < 4.78 is 5.40. The van der Waals surface area contributed by atoms with Crippen molar-refractivity contribution in [2.75, 3.05) is 13.1 Å². The first-order valence-electron chi connectivity index (χ1n) is 4.92. The lowest BCUT2D eigenvalue weighted by Crippen LogP contribution is -2.22. The van der Waals surface area contributed by atoms with Crippen LogP contribution in [-0.2, 0) is 13.2 Å². The Bertz CT molecular complexity index is 307. The normalized spacial score (nSPS) is 10.5. The largest absolute Gasteiger partial charge is 0.462 e. The predicted octanol–water partition coefficient (Wildman–Crippen LogP) is 1.95. The number of hydrogen-bond acceptors (Lipinski definition) is 3. The first-order valence-corrected chi connectivity index (χ1v) is 4.92. The van der Waals surface area contributed by atoms with Gasteiger partial charge in [-0.2, -0.15) is 0 Å². The van der Waals surface area contributed by atoms with Crippen LogP contribution >= 0.6 is 0 Å². The average Bonchev–Trinajstić information content (AvgIpc) is 2.66. The molecule has 0 fully saturated rings. The summed E-state index contributed by atoms with van der Waals surface area (Å²) in [5, 5.41) is 8.85. The molecule has 0 aliphatic carbocycles. The highest BCUT2D eigenvalue weighted by atomic mass is 16.4. The standard InChI is InChI=1S/C12H17NO2/c1-3-7-13(8-4-2)9-11-5-6-12(10-14)15-11/h3-6,14H,1-2,7-10H2. The summed E-state index contributed by atoms with van der Waals surface area (Å²) in [6.07, 6.45) is 3.69. The fraction of sp³-hybridized carbons (Fsp3) is 0.333. The van der Waals surface area contributed by atoms with Gasteiger partial charge in [-0.25, -0.2) is 0 Å². The fourth-order valence-electron chi connectivity index (χ4n) is 1.38. The van der Waals surface area contributed by atoms with E-state index in [0.717, 1.165) is 18.8 Å². The molecule has 1 aromatic rings. The minimum absolute atomic E-state index is 0.0527. The van der Waals surface area contributed by atoms with Gasteiger partial charge in [0.1, 0.15) is 18.1 Å². The molecule has 0 spiro atoms. The molecule has 0 saturated carbocycles. The van der Waals surface area contributed by atoms with Gasteiger partial charge in [0.25, 0.3) is 0 Å². The molecule has 3 heteroatoms. The van der Waals surface area contributed by atoms with E-state index in [1.807, 2.05) is 18.2 Å². The van der Waals surface area contributed by atoms with Crippen LogP contribution in [0.25, 0.3) is 0 Å². The van der Waals surface area contributed by atoms with Gasteiger partial charge in [0.2, 0.25) is 0 Å². The molecular formula is C12H17NO2. The smallest absolute Gasteiger partial charge is 0.129 e. The first kappa shape index (κ1) is 11.8. The molecular weight excluding hydrogens is 190 g/mol. The minimum atomic E-state index is -0.0527. The van der Waals surface area contributed by atoms with Gasteiger partial charge in [0, 0.05) is 13.1 Å². The zero-order chi connectivity index (χ0) is 11.1. The highest BCUT2D eigenvalue weighted by Crippen LogP contribution is 2.10. The second-order valence-corrected chi connectivity index (χ2v) is 3.30. The van der Waals surface area contributed by atoms with Gasteiger partial charge in [0.15, 0.2) is 0 Å². The first-order chi connectivity index (χ1) is 7.30. The summed E-state index contributed by atoms with van der Waals surface area (Å²) in [6, 6.07) is 3.67. The maximum Gasteiger partial charge on any atom is 0.129 e. The van der Waals surface area contributed by atoms with Gasteiger partial charge in [-0.15, -0.1) is 13.2 Å². The van der Waals surface area contributed by atoms with Gasteiger partial charge in [-0.1, -0.05) is 12.2 Å². The van der Waals surface area contributed by atoms with Crippen LogP contribution in [0.4, 0.5) is 0 Å². The van der Waals surface area contributed by atoms with Crippen LogP contribution < -0.4 is 0 Å². The fourth-order valence-corrected chi connectivity index (χ4v) is 1.38. The summed E-state index contributed by atoms with van der Waals surface area (Å²) in [5.41, 5.74) is 0. The van der Waals surface area contributed by atoms with Gasteiger partial charge in [0.05, 0.1) is 6.54 Å². The lowest BCUT2D eigenvalue weighted by molar-refractivity contribution is 0.232. The van der Waals surface area contributed by atoms with Crippen LogP contribution in [0.2, 0.25) is 0 Å². The number of aliphatic hydroxyl groups is 1. The molecule has 1 heterocycles. The zero-order valence-electron chi connectivity index (χ0n) is 8.85. The Kier molecular flexibility index (Phi) is 4.87. The molecule has 0 aliphatic rings. The van der Waals surface area contributed by atoms with Crippen molar-refractivity contribution in [3.8, 4) is 0 Å². The van der Waals surface area contributed by atoms with E-state index >= 15 is 0 Å². The molecule has 15 heavy (non-hydrogen) atoms. The molecule has 1 rings (SSSR count). The Morgan fingerprint density at radius 2 is 1.80 bits per heavy atom. The number of hydrogen-bond donors (Lipinski definition) is 1. The minimum Gasteiger partial charge on any atom is -0.462 e. The zero-order valence-corrected chi connectivity index (χ0v) is 8.85. The SMILES string of the molecule is C=CCN(CC=C)Cc1ccc(CO)o1. The van der Waals surface area contributed by atoms with Crippen LogP contribution in [0.15, 0.2) is 41.9 Å². The van der Waals surface area contributed by atoms with Gasteiger partial charge in [-0.3, -0.25) is 4.90 Å². The highest BCUT2D eigenvalue weighted by Gasteiger charge is 2.06. The summed E-state index contributed by atoms with van der Waals surface area (Å²) in [4.78, 5) is 2.14. The Morgan fingerprint density at radius 1 is 1.20 bits per heavy atom. The average molecular weight is 207 g/mol. The van der Waals surface area contributed by atoms with E-state index in [1.54, 1.807) is 6.07 Å². The molecule has 0 saturated heterocycles. The Morgan fingerprint density at radius 3 is 2.27 bits per heavy atom. The monoisotopic (exact) mass is 207 g/mol. The quantitative estimate of drug-likeness (QED) is 0.694. The number of rotatable bonds is 7. The molecule has 1 aromatic heterocycles. The maximum absolute atomic E-state index is 8.85. The second kappa shape index (κ2) is 6.22. The number of furan rings is 1. The maximum atomic E-state index is 8.85. The number of nitrogens with zero attached hydrogens (tertiary/aromatic N) is 1. The molecule has 0 amide bonds. The molecule has 3 nitrogen and oxygen atoms in total. The van der Waals surface area contributed by atoms with Crippen molar-refractivity contribution in [3.05, 3.63) is 49.0 Å². The van der Waals surface area contributed by atoms with Gasteiger partial charge in [-0.05, 0) is 12.1 Å². The number of aliphatic hydroxyl groups excluding tert-OH is 1. The van der Waals surface area contributed by atoms with Crippen molar-refractivity contribution < 1.29 is 9.52 Å². The lowest BCUT2D eigenvalue weighted by atomic mass is 10.3. The van der Waals surface area contributed by atoms with E-state index in [2.05, 4.69) is 18.1 Å². The van der Waals surface area contributed by atoms with Crippen molar-refractivity contribution in [1.29, 1.82) is 0 Å². The van der Waals surface area contributed by atoms with E-state index < -0.39 is 0 Å².